The molecule has 3 aromatic heterocycles. The maximum Gasteiger partial charge on any atom is 0.298 e. The third-order valence-electron chi connectivity index (χ3n) is 4.10. The zero-order valence-corrected chi connectivity index (χ0v) is 14.7. The van der Waals surface area contributed by atoms with Crippen LogP contribution in [0.2, 0.25) is 5.02 Å². The molecule has 0 fully saturated rings. The van der Waals surface area contributed by atoms with E-state index >= 15 is 0 Å². The van der Waals surface area contributed by atoms with Crippen LogP contribution in [0.5, 0.6) is 0 Å². The molecule has 0 atom stereocenters. The zero-order valence-electron chi connectivity index (χ0n) is 13.9. The Labute approximate surface area is 148 Å². The molecule has 0 saturated carbocycles. The Balaban J connectivity index is 2.04. The van der Waals surface area contributed by atoms with Crippen LogP contribution in [0.4, 0.5) is 0 Å². The van der Waals surface area contributed by atoms with Gasteiger partial charge in [-0.3, -0.25) is 4.79 Å². The highest BCUT2D eigenvalue weighted by Crippen LogP contribution is 2.28. The summed E-state index contributed by atoms with van der Waals surface area (Å²) in [4.78, 5) is 12.6. The summed E-state index contributed by atoms with van der Waals surface area (Å²) in [5.41, 5.74) is 3.90. The fourth-order valence-electron chi connectivity index (χ4n) is 2.91. The van der Waals surface area contributed by atoms with Crippen molar-refractivity contribution >= 4 is 28.3 Å². The van der Waals surface area contributed by atoms with Crippen LogP contribution in [0.15, 0.2) is 41.3 Å². The third kappa shape index (κ3) is 2.35. The van der Waals surface area contributed by atoms with Crippen LogP contribution in [-0.4, -0.2) is 38.6 Å². The minimum atomic E-state index is -0.238. The average Bonchev–Trinajstić information content (AvgIpc) is 2.92. The monoisotopic (exact) mass is 354 g/mol. The summed E-state index contributed by atoms with van der Waals surface area (Å²) < 4.78 is 3.14. The number of rotatable bonds is 2. The minimum Gasteiger partial charge on any atom is -0.316 e. The van der Waals surface area contributed by atoms with Crippen LogP contribution in [0.3, 0.4) is 0 Å². The van der Waals surface area contributed by atoms with Gasteiger partial charge in [0.25, 0.3) is 5.56 Å². The first-order valence-electron chi connectivity index (χ1n) is 7.68. The normalized spacial score (nSPS) is 11.4. The van der Waals surface area contributed by atoms with E-state index < -0.39 is 0 Å². The van der Waals surface area contributed by atoms with E-state index in [2.05, 4.69) is 15.3 Å². The van der Waals surface area contributed by atoms with E-state index in [9.17, 15) is 4.79 Å². The van der Waals surface area contributed by atoms with Gasteiger partial charge in [-0.2, -0.15) is 5.10 Å². The lowest BCUT2D eigenvalue weighted by molar-refractivity contribution is 0.702. The molecular formula is C17H15ClN6O. The molecule has 126 valence electrons. The standard InChI is InChI=1S/C17H15ClN6O/c1-10-14(11-4-6-12(18)7-5-11)16-20-19-15-13(24(16)21-10)8-9-23(17(15)25)22(2)3/h4-9H,1-3H3. The van der Waals surface area contributed by atoms with Crippen molar-refractivity contribution in [2.75, 3.05) is 19.1 Å². The highest BCUT2D eigenvalue weighted by molar-refractivity contribution is 6.30. The summed E-state index contributed by atoms with van der Waals surface area (Å²) in [7, 11) is 3.58. The molecule has 25 heavy (non-hydrogen) atoms. The van der Waals surface area contributed by atoms with E-state index in [4.69, 9.17) is 11.6 Å². The molecule has 0 aliphatic heterocycles. The van der Waals surface area contributed by atoms with Gasteiger partial charge in [-0.25, -0.2) is 9.19 Å². The third-order valence-corrected chi connectivity index (χ3v) is 4.35. The Morgan fingerprint density at radius 2 is 1.80 bits per heavy atom. The van der Waals surface area contributed by atoms with Gasteiger partial charge < -0.3 is 5.01 Å². The number of hydrogen-bond acceptors (Lipinski definition) is 5. The van der Waals surface area contributed by atoms with Crippen molar-refractivity contribution in [1.29, 1.82) is 0 Å². The van der Waals surface area contributed by atoms with E-state index in [0.29, 0.717) is 16.2 Å². The molecule has 0 amide bonds. The number of halogens is 1. The Morgan fingerprint density at radius 1 is 1.08 bits per heavy atom. The van der Waals surface area contributed by atoms with E-state index in [1.54, 1.807) is 29.8 Å². The quantitative estimate of drug-likeness (QED) is 0.552. The van der Waals surface area contributed by atoms with Gasteiger partial charge in [0.05, 0.1) is 11.3 Å². The smallest absolute Gasteiger partial charge is 0.298 e. The Morgan fingerprint density at radius 3 is 2.48 bits per heavy atom. The molecule has 4 aromatic rings. The van der Waals surface area contributed by atoms with Crippen LogP contribution >= 0.6 is 11.6 Å². The molecule has 8 heteroatoms. The lowest BCUT2D eigenvalue weighted by atomic mass is 10.1. The van der Waals surface area contributed by atoms with Crippen molar-refractivity contribution in [2.45, 2.75) is 6.92 Å². The highest BCUT2D eigenvalue weighted by Gasteiger charge is 2.17. The highest BCUT2D eigenvalue weighted by atomic mass is 35.5. The summed E-state index contributed by atoms with van der Waals surface area (Å²) in [5, 5.41) is 15.4. The molecule has 0 radical (unpaired) electrons. The van der Waals surface area contributed by atoms with Crippen molar-refractivity contribution in [2.24, 2.45) is 0 Å². The summed E-state index contributed by atoms with van der Waals surface area (Å²) in [5.74, 6) is 0. The topological polar surface area (TPSA) is 68.3 Å². The summed E-state index contributed by atoms with van der Waals surface area (Å²) in [6, 6.07) is 9.30. The molecule has 0 N–H and O–H groups in total. The van der Waals surface area contributed by atoms with Gasteiger partial charge >= 0.3 is 0 Å². The second kappa shape index (κ2) is 5.56. The lowest BCUT2D eigenvalue weighted by Crippen LogP contribution is -2.36. The van der Waals surface area contributed by atoms with E-state index in [1.165, 1.54) is 4.68 Å². The fourth-order valence-corrected chi connectivity index (χ4v) is 3.04. The SMILES string of the molecule is Cc1nn2c(nnc3c(=O)n(N(C)C)ccc32)c1-c1ccc(Cl)cc1. The van der Waals surface area contributed by atoms with E-state index in [0.717, 1.165) is 16.8 Å². The zero-order chi connectivity index (χ0) is 17.7. The van der Waals surface area contributed by atoms with Gasteiger partial charge in [0.1, 0.15) is 5.52 Å². The summed E-state index contributed by atoms with van der Waals surface area (Å²) in [6.45, 7) is 1.91. The number of pyridine rings is 1. The number of hydrogen-bond donors (Lipinski definition) is 0. The van der Waals surface area contributed by atoms with Crippen LogP contribution in [-0.2, 0) is 0 Å². The van der Waals surface area contributed by atoms with Crippen molar-refractivity contribution in [1.82, 2.24) is 24.5 Å². The molecule has 0 aliphatic carbocycles. The molecule has 0 aliphatic rings. The van der Waals surface area contributed by atoms with Crippen LogP contribution in [0, 0.1) is 6.92 Å². The van der Waals surface area contributed by atoms with Crippen molar-refractivity contribution in [3.05, 3.63) is 57.6 Å². The molecule has 0 bridgehead atoms. The first kappa shape index (κ1) is 15.6. The van der Waals surface area contributed by atoms with Crippen LogP contribution < -0.4 is 10.6 Å². The lowest BCUT2D eigenvalue weighted by Gasteiger charge is -2.15. The van der Waals surface area contributed by atoms with Crippen LogP contribution in [0.25, 0.3) is 27.8 Å². The molecule has 1 aromatic carbocycles. The summed E-state index contributed by atoms with van der Waals surface area (Å²) in [6.07, 6.45) is 1.70. The molecule has 0 saturated heterocycles. The predicted octanol–water partition coefficient (Wildman–Crippen LogP) is 2.27. The predicted molar refractivity (Wildman–Crippen MR) is 97.8 cm³/mol. The van der Waals surface area contributed by atoms with Crippen molar-refractivity contribution in [3.8, 4) is 11.1 Å². The minimum absolute atomic E-state index is 0.238. The molecule has 0 unspecified atom stereocenters. The largest absolute Gasteiger partial charge is 0.316 e. The number of aromatic nitrogens is 5. The van der Waals surface area contributed by atoms with E-state index in [1.807, 2.05) is 37.3 Å². The van der Waals surface area contributed by atoms with Gasteiger partial charge in [-0.05, 0) is 30.7 Å². The number of nitrogens with zero attached hydrogens (tertiary/aromatic N) is 6. The first-order valence-corrected chi connectivity index (χ1v) is 8.06. The van der Waals surface area contributed by atoms with Gasteiger partial charge in [-0.15, -0.1) is 10.2 Å². The van der Waals surface area contributed by atoms with Gasteiger partial charge in [0, 0.05) is 25.3 Å². The molecule has 0 spiro atoms. The summed E-state index contributed by atoms with van der Waals surface area (Å²) >= 11 is 5.98. The molecule has 3 heterocycles. The first-order chi connectivity index (χ1) is 12.0. The maximum atomic E-state index is 12.6. The second-order valence-electron chi connectivity index (χ2n) is 5.95. The Kier molecular flexibility index (Phi) is 3.47. The fraction of sp³-hybridized carbons (Fsp3) is 0.176. The van der Waals surface area contributed by atoms with Gasteiger partial charge in [0.2, 0.25) is 0 Å². The van der Waals surface area contributed by atoms with E-state index in [-0.39, 0.29) is 11.1 Å². The average molecular weight is 355 g/mol. The second-order valence-corrected chi connectivity index (χ2v) is 6.39. The molecule has 7 nitrogen and oxygen atoms in total. The van der Waals surface area contributed by atoms with Gasteiger partial charge in [0.15, 0.2) is 11.2 Å². The van der Waals surface area contributed by atoms with Crippen molar-refractivity contribution < 1.29 is 0 Å². The number of aryl methyl sites for hydroxylation is 1. The van der Waals surface area contributed by atoms with Gasteiger partial charge in [-0.1, -0.05) is 23.7 Å². The number of fused-ring (bicyclic) bond motifs is 3. The Hall–Kier alpha value is -2.93. The molecule has 4 rings (SSSR count). The molecular weight excluding hydrogens is 340 g/mol. The van der Waals surface area contributed by atoms with Crippen LogP contribution in [0.1, 0.15) is 5.69 Å². The maximum absolute atomic E-state index is 12.6. The Bertz CT molecular complexity index is 1160. The van der Waals surface area contributed by atoms with Crippen molar-refractivity contribution in [3.63, 3.8) is 0 Å². The number of benzene rings is 1.